The highest BCUT2D eigenvalue weighted by Gasteiger charge is 2.27. The van der Waals surface area contributed by atoms with Crippen molar-refractivity contribution in [2.24, 2.45) is 0 Å². The first-order chi connectivity index (χ1) is 10.9. The van der Waals surface area contributed by atoms with Gasteiger partial charge in [-0.1, -0.05) is 18.2 Å². The van der Waals surface area contributed by atoms with Crippen LogP contribution in [-0.4, -0.2) is 38.8 Å². The normalized spacial score (nSPS) is 18.0. The zero-order valence-corrected chi connectivity index (χ0v) is 12.2. The van der Waals surface area contributed by atoms with Gasteiger partial charge in [0.2, 0.25) is 0 Å². The number of hydrogen-bond acceptors (Lipinski definition) is 5. The van der Waals surface area contributed by atoms with E-state index >= 15 is 0 Å². The molecule has 112 valence electrons. The Morgan fingerprint density at radius 2 is 2.05 bits per heavy atom. The van der Waals surface area contributed by atoms with Crippen LogP contribution < -0.4 is 9.64 Å². The maximum atomic E-state index is 5.93. The number of ether oxygens (including phenoxy) is 1. The lowest BCUT2D eigenvalue weighted by molar-refractivity contribution is 0.288. The summed E-state index contributed by atoms with van der Waals surface area (Å²) in [5.74, 6) is 2.57. The minimum absolute atomic E-state index is 0.343. The van der Waals surface area contributed by atoms with E-state index in [1.807, 2.05) is 36.4 Å². The topological polar surface area (TPSA) is 55.5 Å². The lowest BCUT2D eigenvalue weighted by atomic mass is 10.2. The quantitative estimate of drug-likeness (QED) is 0.738. The molecule has 0 spiro atoms. The lowest BCUT2D eigenvalue weighted by Gasteiger charge is -2.26. The van der Waals surface area contributed by atoms with Gasteiger partial charge in [0.25, 0.3) is 5.78 Å². The van der Waals surface area contributed by atoms with Gasteiger partial charge in [0.05, 0.1) is 6.04 Å². The lowest BCUT2D eigenvalue weighted by Crippen LogP contribution is -2.35. The summed E-state index contributed by atoms with van der Waals surface area (Å²) in [6, 6.07) is 12.3. The Kier molecular flexibility index (Phi) is 3.34. The van der Waals surface area contributed by atoms with E-state index in [0.29, 0.717) is 18.4 Å². The molecule has 0 saturated carbocycles. The molecule has 6 heteroatoms. The minimum atomic E-state index is 0.343. The summed E-state index contributed by atoms with van der Waals surface area (Å²) in [6.07, 6.45) is 5.59. The first-order valence-electron chi connectivity index (χ1n) is 7.51. The van der Waals surface area contributed by atoms with Gasteiger partial charge in [-0.3, -0.25) is 0 Å². The third kappa shape index (κ3) is 2.36. The zero-order valence-electron chi connectivity index (χ0n) is 12.2. The van der Waals surface area contributed by atoms with E-state index in [2.05, 4.69) is 20.0 Å². The van der Waals surface area contributed by atoms with Crippen LogP contribution in [0.3, 0.4) is 0 Å². The number of rotatable bonds is 4. The molecule has 6 nitrogen and oxygen atoms in total. The largest absolute Gasteiger partial charge is 0.491 e. The molecule has 1 saturated heterocycles. The van der Waals surface area contributed by atoms with Gasteiger partial charge in [-0.05, 0) is 31.0 Å². The fraction of sp³-hybridized carbons (Fsp3) is 0.312. The number of anilines is 1. The molecule has 4 rings (SSSR count). The number of fused-ring (bicyclic) bond motifs is 1. The van der Waals surface area contributed by atoms with Gasteiger partial charge in [-0.15, -0.1) is 0 Å². The number of nitrogens with zero attached hydrogens (tertiary/aromatic N) is 5. The maximum absolute atomic E-state index is 5.93. The summed E-state index contributed by atoms with van der Waals surface area (Å²) < 4.78 is 7.73. The molecular formula is C16H17N5O. The van der Waals surface area contributed by atoms with Crippen LogP contribution in [0.5, 0.6) is 5.75 Å². The number of benzene rings is 1. The maximum Gasteiger partial charge on any atom is 0.254 e. The Balaban J connectivity index is 1.55. The van der Waals surface area contributed by atoms with Crippen LogP contribution >= 0.6 is 0 Å². The summed E-state index contributed by atoms with van der Waals surface area (Å²) in [6.45, 7) is 1.67. The predicted octanol–water partition coefficient (Wildman–Crippen LogP) is 2.17. The number of aromatic nitrogens is 4. The van der Waals surface area contributed by atoms with Crippen molar-refractivity contribution in [3.05, 3.63) is 48.9 Å². The Labute approximate surface area is 128 Å². The van der Waals surface area contributed by atoms with Crippen molar-refractivity contribution in [3.8, 4) is 5.75 Å². The molecule has 0 amide bonds. The monoisotopic (exact) mass is 295 g/mol. The molecular weight excluding hydrogens is 278 g/mol. The van der Waals surface area contributed by atoms with Crippen LogP contribution in [0.25, 0.3) is 5.78 Å². The molecule has 0 radical (unpaired) electrons. The van der Waals surface area contributed by atoms with E-state index in [4.69, 9.17) is 4.74 Å². The van der Waals surface area contributed by atoms with Crippen LogP contribution in [-0.2, 0) is 0 Å². The molecule has 0 N–H and O–H groups in total. The predicted molar refractivity (Wildman–Crippen MR) is 83.1 cm³/mol. The fourth-order valence-corrected chi connectivity index (χ4v) is 2.96. The van der Waals surface area contributed by atoms with Crippen molar-refractivity contribution >= 4 is 11.6 Å². The average molecular weight is 295 g/mol. The molecule has 1 aliphatic rings. The molecule has 1 aromatic carbocycles. The Morgan fingerprint density at radius 1 is 1.14 bits per heavy atom. The molecule has 1 fully saturated rings. The van der Waals surface area contributed by atoms with E-state index in [1.54, 1.807) is 10.7 Å². The summed E-state index contributed by atoms with van der Waals surface area (Å²) in [5.41, 5.74) is 0. The standard InChI is InChI=1S/C16H17N5O/c1-2-6-14(7-3-1)22-11-13-5-4-10-20(13)15-8-9-17-16-18-12-19-21(15)16/h1-3,6-9,12-13H,4-5,10-11H2. The van der Waals surface area contributed by atoms with Crippen molar-refractivity contribution in [1.82, 2.24) is 19.6 Å². The second kappa shape index (κ2) is 5.63. The Morgan fingerprint density at radius 3 is 2.95 bits per heavy atom. The molecule has 0 bridgehead atoms. The van der Waals surface area contributed by atoms with E-state index in [0.717, 1.165) is 31.0 Å². The molecule has 2 aromatic heterocycles. The van der Waals surface area contributed by atoms with Gasteiger partial charge in [0, 0.05) is 12.7 Å². The summed E-state index contributed by atoms with van der Waals surface area (Å²) in [5, 5.41) is 4.28. The van der Waals surface area contributed by atoms with Crippen molar-refractivity contribution in [3.63, 3.8) is 0 Å². The molecule has 1 unspecified atom stereocenters. The van der Waals surface area contributed by atoms with Crippen molar-refractivity contribution in [2.45, 2.75) is 18.9 Å². The van der Waals surface area contributed by atoms with E-state index in [1.165, 1.54) is 6.33 Å². The van der Waals surface area contributed by atoms with Gasteiger partial charge in [0.1, 0.15) is 24.5 Å². The highest BCUT2D eigenvalue weighted by atomic mass is 16.5. The van der Waals surface area contributed by atoms with Crippen molar-refractivity contribution in [2.75, 3.05) is 18.1 Å². The fourth-order valence-electron chi connectivity index (χ4n) is 2.96. The second-order valence-corrected chi connectivity index (χ2v) is 5.39. The smallest absolute Gasteiger partial charge is 0.254 e. The van der Waals surface area contributed by atoms with Gasteiger partial charge in [0.15, 0.2) is 0 Å². The second-order valence-electron chi connectivity index (χ2n) is 5.39. The molecule has 1 aliphatic heterocycles. The van der Waals surface area contributed by atoms with Gasteiger partial charge >= 0.3 is 0 Å². The zero-order chi connectivity index (χ0) is 14.8. The highest BCUT2D eigenvalue weighted by Crippen LogP contribution is 2.25. The van der Waals surface area contributed by atoms with Crippen LogP contribution in [0.1, 0.15) is 12.8 Å². The molecule has 3 aromatic rings. The number of para-hydroxylation sites is 1. The number of hydrogen-bond donors (Lipinski definition) is 0. The van der Waals surface area contributed by atoms with Gasteiger partial charge in [-0.2, -0.15) is 14.6 Å². The molecule has 1 atom stereocenters. The third-order valence-corrected chi connectivity index (χ3v) is 4.02. The highest BCUT2D eigenvalue weighted by molar-refractivity contribution is 5.46. The van der Waals surface area contributed by atoms with Crippen molar-refractivity contribution in [1.29, 1.82) is 0 Å². The minimum Gasteiger partial charge on any atom is -0.491 e. The summed E-state index contributed by atoms with van der Waals surface area (Å²) in [7, 11) is 0. The SMILES string of the molecule is c1ccc(OCC2CCCN2c2ccnc3ncnn23)cc1. The van der Waals surface area contributed by atoms with E-state index in [9.17, 15) is 0 Å². The van der Waals surface area contributed by atoms with E-state index < -0.39 is 0 Å². The van der Waals surface area contributed by atoms with Crippen LogP contribution in [0.15, 0.2) is 48.9 Å². The Bertz CT molecular complexity index is 757. The Hall–Kier alpha value is -2.63. The van der Waals surface area contributed by atoms with E-state index in [-0.39, 0.29) is 0 Å². The van der Waals surface area contributed by atoms with Gasteiger partial charge in [-0.25, -0.2) is 4.98 Å². The average Bonchev–Trinajstić information content (AvgIpc) is 3.22. The summed E-state index contributed by atoms with van der Waals surface area (Å²) in [4.78, 5) is 10.7. The van der Waals surface area contributed by atoms with Crippen LogP contribution in [0, 0.1) is 0 Å². The van der Waals surface area contributed by atoms with Crippen LogP contribution in [0.4, 0.5) is 5.82 Å². The first kappa shape index (κ1) is 13.1. The molecule has 0 aliphatic carbocycles. The molecule has 3 heterocycles. The van der Waals surface area contributed by atoms with Crippen LogP contribution in [0.2, 0.25) is 0 Å². The summed E-state index contributed by atoms with van der Waals surface area (Å²) >= 11 is 0. The van der Waals surface area contributed by atoms with Crippen molar-refractivity contribution < 1.29 is 4.74 Å². The first-order valence-corrected chi connectivity index (χ1v) is 7.51. The molecule has 22 heavy (non-hydrogen) atoms. The third-order valence-electron chi connectivity index (χ3n) is 4.02. The van der Waals surface area contributed by atoms with Gasteiger partial charge < -0.3 is 9.64 Å².